The Bertz CT molecular complexity index is 631. The van der Waals surface area contributed by atoms with E-state index in [-0.39, 0.29) is 0 Å². The van der Waals surface area contributed by atoms with Gasteiger partial charge in [0.15, 0.2) is 0 Å². The highest BCUT2D eigenvalue weighted by Gasteiger charge is 2.10. The van der Waals surface area contributed by atoms with Crippen LogP contribution in [0, 0.1) is 13.8 Å². The van der Waals surface area contributed by atoms with E-state index in [0.29, 0.717) is 0 Å². The lowest BCUT2D eigenvalue weighted by Crippen LogP contribution is -2.07. The van der Waals surface area contributed by atoms with E-state index >= 15 is 0 Å². The number of aryl methyl sites for hydroxylation is 3. The third-order valence-corrected chi connectivity index (χ3v) is 3.91. The number of hydrogen-bond acceptors (Lipinski definition) is 2. The van der Waals surface area contributed by atoms with Crippen molar-refractivity contribution in [2.24, 2.45) is 0 Å². The average Bonchev–Trinajstić information content (AvgIpc) is 2.95. The summed E-state index contributed by atoms with van der Waals surface area (Å²) in [6, 6.07) is 12.7. The zero-order chi connectivity index (χ0) is 14.7. The third-order valence-electron chi connectivity index (χ3n) is 3.91. The molecule has 0 atom stereocenters. The largest absolute Gasteiger partial charge is 0.493 e. The topological polar surface area (TPSA) is 18.5 Å². The van der Waals surface area contributed by atoms with Crippen LogP contribution < -0.4 is 9.47 Å². The maximum atomic E-state index is 5.48. The standard InChI is InChI=1S/C10H12O.C9H10O/c1-8-4-5-10-9(7-8)3-2-6-11-10;1-7-2-3-9-8(6-7)4-5-10-9/h4-5,7H,2-3,6H2,1H3;2-3,6H,4-5H2,1H3. The van der Waals surface area contributed by atoms with Crippen LogP contribution in [-0.2, 0) is 12.8 Å². The Labute approximate surface area is 126 Å². The molecule has 0 unspecified atom stereocenters. The Morgan fingerprint density at radius 1 is 0.714 bits per heavy atom. The molecule has 0 saturated carbocycles. The lowest BCUT2D eigenvalue weighted by molar-refractivity contribution is 0.288. The summed E-state index contributed by atoms with van der Waals surface area (Å²) in [4.78, 5) is 0. The van der Waals surface area contributed by atoms with E-state index in [2.05, 4.69) is 50.2 Å². The Morgan fingerprint density at radius 2 is 1.29 bits per heavy atom. The smallest absolute Gasteiger partial charge is 0.122 e. The number of rotatable bonds is 0. The molecular formula is C19H22O2. The molecule has 0 amide bonds. The van der Waals surface area contributed by atoms with Gasteiger partial charge in [-0.05, 0) is 49.9 Å². The summed E-state index contributed by atoms with van der Waals surface area (Å²) in [5.41, 5.74) is 5.38. The maximum Gasteiger partial charge on any atom is 0.122 e. The summed E-state index contributed by atoms with van der Waals surface area (Å²) in [6.07, 6.45) is 3.42. The van der Waals surface area contributed by atoms with Gasteiger partial charge >= 0.3 is 0 Å². The molecule has 110 valence electrons. The summed E-state index contributed by atoms with van der Waals surface area (Å²) in [7, 11) is 0. The van der Waals surface area contributed by atoms with Gasteiger partial charge in [-0.1, -0.05) is 35.4 Å². The van der Waals surface area contributed by atoms with Crippen molar-refractivity contribution in [1.82, 2.24) is 0 Å². The summed E-state index contributed by atoms with van der Waals surface area (Å²) < 4.78 is 10.8. The number of benzene rings is 2. The van der Waals surface area contributed by atoms with Crippen LogP contribution in [-0.4, -0.2) is 13.2 Å². The van der Waals surface area contributed by atoms with Crippen molar-refractivity contribution < 1.29 is 9.47 Å². The zero-order valence-electron chi connectivity index (χ0n) is 12.8. The number of hydrogen-bond donors (Lipinski definition) is 0. The highest BCUT2D eigenvalue weighted by Crippen LogP contribution is 2.25. The Balaban J connectivity index is 0.000000126. The van der Waals surface area contributed by atoms with E-state index < -0.39 is 0 Å². The maximum absolute atomic E-state index is 5.48. The molecule has 0 aliphatic carbocycles. The number of fused-ring (bicyclic) bond motifs is 2. The van der Waals surface area contributed by atoms with Crippen LogP contribution >= 0.6 is 0 Å². The van der Waals surface area contributed by atoms with Crippen molar-refractivity contribution in [3.8, 4) is 11.5 Å². The molecule has 2 heterocycles. The van der Waals surface area contributed by atoms with E-state index in [0.717, 1.165) is 37.6 Å². The molecule has 0 fully saturated rings. The first kappa shape index (κ1) is 14.0. The first-order chi connectivity index (χ1) is 10.2. The monoisotopic (exact) mass is 282 g/mol. The molecule has 0 spiro atoms. The molecule has 0 N–H and O–H groups in total. The Morgan fingerprint density at radius 3 is 1.95 bits per heavy atom. The number of ether oxygens (including phenoxy) is 2. The second kappa shape index (κ2) is 6.21. The van der Waals surface area contributed by atoms with Crippen molar-refractivity contribution in [3.63, 3.8) is 0 Å². The molecule has 0 bridgehead atoms. The molecule has 2 heteroatoms. The minimum atomic E-state index is 0.860. The van der Waals surface area contributed by atoms with Crippen LogP contribution in [0.5, 0.6) is 11.5 Å². The van der Waals surface area contributed by atoms with E-state index in [1.807, 2.05) is 0 Å². The van der Waals surface area contributed by atoms with Gasteiger partial charge in [-0.2, -0.15) is 0 Å². The van der Waals surface area contributed by atoms with Crippen LogP contribution in [0.25, 0.3) is 0 Å². The Kier molecular flexibility index (Phi) is 4.14. The first-order valence-electron chi connectivity index (χ1n) is 7.67. The SMILES string of the molecule is Cc1ccc2c(c1)CCCO2.Cc1ccc2c(c1)CCO2. The summed E-state index contributed by atoms with van der Waals surface area (Å²) >= 11 is 0. The third kappa shape index (κ3) is 3.38. The fraction of sp³-hybridized carbons (Fsp3) is 0.368. The molecular weight excluding hydrogens is 260 g/mol. The van der Waals surface area contributed by atoms with Gasteiger partial charge in [0.2, 0.25) is 0 Å². The molecule has 2 aliphatic rings. The van der Waals surface area contributed by atoms with Gasteiger partial charge in [0, 0.05) is 6.42 Å². The highest BCUT2D eigenvalue weighted by molar-refractivity contribution is 5.39. The van der Waals surface area contributed by atoms with E-state index in [4.69, 9.17) is 9.47 Å². The molecule has 0 aromatic heterocycles. The second-order valence-electron chi connectivity index (χ2n) is 5.77. The molecule has 2 aromatic rings. The predicted octanol–water partition coefficient (Wildman–Crippen LogP) is 4.25. The average molecular weight is 282 g/mol. The highest BCUT2D eigenvalue weighted by atomic mass is 16.5. The summed E-state index contributed by atoms with van der Waals surface area (Å²) in [6.45, 7) is 5.97. The van der Waals surface area contributed by atoms with E-state index in [9.17, 15) is 0 Å². The van der Waals surface area contributed by atoms with Gasteiger partial charge in [-0.3, -0.25) is 0 Å². The van der Waals surface area contributed by atoms with Gasteiger partial charge in [0.05, 0.1) is 13.2 Å². The van der Waals surface area contributed by atoms with Crippen LogP contribution in [0.1, 0.15) is 28.7 Å². The summed E-state index contributed by atoms with van der Waals surface area (Å²) in [5, 5.41) is 0. The minimum absolute atomic E-state index is 0.860. The van der Waals surface area contributed by atoms with Crippen molar-refractivity contribution in [1.29, 1.82) is 0 Å². The van der Waals surface area contributed by atoms with Gasteiger partial charge in [-0.15, -0.1) is 0 Å². The van der Waals surface area contributed by atoms with Gasteiger partial charge in [0.1, 0.15) is 11.5 Å². The molecule has 21 heavy (non-hydrogen) atoms. The molecule has 4 rings (SSSR count). The second-order valence-corrected chi connectivity index (χ2v) is 5.77. The Hall–Kier alpha value is -1.96. The van der Waals surface area contributed by atoms with Crippen molar-refractivity contribution in [2.45, 2.75) is 33.1 Å². The lowest BCUT2D eigenvalue weighted by Gasteiger charge is -2.16. The lowest BCUT2D eigenvalue weighted by atomic mass is 10.0. The molecule has 2 nitrogen and oxygen atoms in total. The van der Waals surface area contributed by atoms with Gasteiger partial charge < -0.3 is 9.47 Å². The molecule has 2 aromatic carbocycles. The van der Waals surface area contributed by atoms with Crippen molar-refractivity contribution >= 4 is 0 Å². The first-order valence-corrected chi connectivity index (χ1v) is 7.67. The van der Waals surface area contributed by atoms with Crippen LogP contribution in [0.2, 0.25) is 0 Å². The summed E-state index contributed by atoms with van der Waals surface area (Å²) in [5.74, 6) is 2.16. The van der Waals surface area contributed by atoms with E-state index in [1.54, 1.807) is 0 Å². The predicted molar refractivity (Wildman–Crippen MR) is 85.4 cm³/mol. The fourth-order valence-electron chi connectivity index (χ4n) is 2.80. The normalized spacial score (nSPS) is 15.0. The van der Waals surface area contributed by atoms with Gasteiger partial charge in [0.25, 0.3) is 0 Å². The fourth-order valence-corrected chi connectivity index (χ4v) is 2.80. The van der Waals surface area contributed by atoms with Crippen molar-refractivity contribution in [3.05, 3.63) is 58.7 Å². The van der Waals surface area contributed by atoms with Crippen molar-refractivity contribution in [2.75, 3.05) is 13.2 Å². The quantitative estimate of drug-likeness (QED) is 0.719. The van der Waals surface area contributed by atoms with Crippen LogP contribution in [0.3, 0.4) is 0 Å². The molecule has 0 radical (unpaired) electrons. The van der Waals surface area contributed by atoms with Crippen LogP contribution in [0.15, 0.2) is 36.4 Å². The molecule has 0 saturated heterocycles. The molecule has 2 aliphatic heterocycles. The zero-order valence-corrected chi connectivity index (χ0v) is 12.8. The van der Waals surface area contributed by atoms with E-state index in [1.165, 1.54) is 28.7 Å². The van der Waals surface area contributed by atoms with Gasteiger partial charge in [-0.25, -0.2) is 0 Å². The minimum Gasteiger partial charge on any atom is -0.493 e. The van der Waals surface area contributed by atoms with Crippen LogP contribution in [0.4, 0.5) is 0 Å².